The van der Waals surface area contributed by atoms with E-state index >= 15 is 0 Å². The summed E-state index contributed by atoms with van der Waals surface area (Å²) in [5, 5.41) is 0. The molecule has 92 valence electrons. The molecule has 0 saturated heterocycles. The molecule has 0 aromatic heterocycles. The van der Waals surface area contributed by atoms with E-state index < -0.39 is 0 Å². The van der Waals surface area contributed by atoms with Crippen LogP contribution in [0.5, 0.6) is 0 Å². The molecule has 2 aromatic carbocycles. The summed E-state index contributed by atoms with van der Waals surface area (Å²) < 4.78 is 0.998. The molecule has 0 aliphatic heterocycles. The largest absolute Gasteiger partial charge is 0.289 e. The molecule has 2 heteroatoms. The van der Waals surface area contributed by atoms with Crippen LogP contribution < -0.4 is 0 Å². The Hall–Kier alpha value is -1.16. The van der Waals surface area contributed by atoms with Crippen LogP contribution in [0.1, 0.15) is 34.8 Å². The molecule has 0 saturated carbocycles. The van der Waals surface area contributed by atoms with Crippen molar-refractivity contribution in [2.45, 2.75) is 19.8 Å². The predicted molar refractivity (Wildman–Crippen MR) is 83.0 cm³/mol. The summed E-state index contributed by atoms with van der Waals surface area (Å²) in [5.74, 6) is 0.100. The monoisotopic (exact) mass is 350 g/mol. The van der Waals surface area contributed by atoms with Crippen molar-refractivity contribution >= 4 is 28.4 Å². The number of benzene rings is 2. The highest BCUT2D eigenvalue weighted by Crippen LogP contribution is 2.17. The number of carbonyl (C=O) groups is 1. The zero-order valence-electron chi connectivity index (χ0n) is 10.3. The molecule has 0 heterocycles. The molecule has 0 aliphatic carbocycles. The third-order valence-electron chi connectivity index (χ3n) is 2.87. The summed E-state index contributed by atoms with van der Waals surface area (Å²) in [6, 6.07) is 15.6. The minimum atomic E-state index is 0.100. The van der Waals surface area contributed by atoms with Crippen LogP contribution in [0.4, 0.5) is 0 Å². The Morgan fingerprint density at radius 3 is 2.33 bits per heavy atom. The number of carbonyl (C=O) groups excluding carboxylic acids is 1. The van der Waals surface area contributed by atoms with Gasteiger partial charge < -0.3 is 0 Å². The van der Waals surface area contributed by atoms with E-state index in [0.29, 0.717) is 0 Å². The number of halogens is 1. The maximum atomic E-state index is 12.3. The van der Waals surface area contributed by atoms with Gasteiger partial charge in [-0.2, -0.15) is 0 Å². The molecule has 0 N–H and O–H groups in total. The maximum Gasteiger partial charge on any atom is 0.194 e. The molecule has 0 radical (unpaired) electrons. The Balaban J connectivity index is 2.27. The number of hydrogen-bond acceptors (Lipinski definition) is 1. The van der Waals surface area contributed by atoms with Gasteiger partial charge >= 0.3 is 0 Å². The summed E-state index contributed by atoms with van der Waals surface area (Å²) >= 11 is 2.20. The van der Waals surface area contributed by atoms with Gasteiger partial charge in [-0.15, -0.1) is 0 Å². The van der Waals surface area contributed by atoms with Crippen LogP contribution in [0.2, 0.25) is 0 Å². The molecular formula is C16H15IO. The average Bonchev–Trinajstić information content (AvgIpc) is 2.40. The van der Waals surface area contributed by atoms with Gasteiger partial charge in [0.25, 0.3) is 0 Å². The summed E-state index contributed by atoms with van der Waals surface area (Å²) in [6.45, 7) is 2.16. The van der Waals surface area contributed by atoms with Gasteiger partial charge in [-0.05, 0) is 46.7 Å². The van der Waals surface area contributed by atoms with Crippen molar-refractivity contribution in [2.24, 2.45) is 0 Å². The Morgan fingerprint density at radius 2 is 1.72 bits per heavy atom. The van der Waals surface area contributed by atoms with Crippen LogP contribution in [0, 0.1) is 3.57 Å². The lowest BCUT2D eigenvalue weighted by Gasteiger charge is -2.05. The molecule has 0 atom stereocenters. The fourth-order valence-corrected chi connectivity index (χ4v) is 2.54. The molecule has 0 spiro atoms. The molecule has 1 nitrogen and oxygen atoms in total. The van der Waals surface area contributed by atoms with Crippen LogP contribution in [-0.2, 0) is 6.42 Å². The van der Waals surface area contributed by atoms with Crippen LogP contribution in [0.3, 0.4) is 0 Å². The van der Waals surface area contributed by atoms with Gasteiger partial charge in [0, 0.05) is 14.7 Å². The zero-order valence-corrected chi connectivity index (χ0v) is 12.5. The van der Waals surface area contributed by atoms with Crippen molar-refractivity contribution < 1.29 is 4.79 Å². The minimum absolute atomic E-state index is 0.100. The van der Waals surface area contributed by atoms with Crippen LogP contribution in [0.15, 0.2) is 48.5 Å². The van der Waals surface area contributed by atoms with E-state index in [1.807, 2.05) is 48.5 Å². The second-order valence-corrected chi connectivity index (χ2v) is 5.42. The lowest BCUT2D eigenvalue weighted by atomic mass is 10.0. The normalized spacial score (nSPS) is 10.3. The number of rotatable bonds is 4. The van der Waals surface area contributed by atoms with E-state index in [1.54, 1.807) is 0 Å². The fourth-order valence-electron chi connectivity index (χ4n) is 1.91. The van der Waals surface area contributed by atoms with Crippen LogP contribution in [0.25, 0.3) is 0 Å². The van der Waals surface area contributed by atoms with Crippen molar-refractivity contribution in [2.75, 3.05) is 0 Å². The summed E-state index contributed by atoms with van der Waals surface area (Å²) in [5.41, 5.74) is 2.83. The highest BCUT2D eigenvalue weighted by molar-refractivity contribution is 14.1. The van der Waals surface area contributed by atoms with Gasteiger partial charge in [0.2, 0.25) is 0 Å². The van der Waals surface area contributed by atoms with Crippen LogP contribution in [-0.4, -0.2) is 5.78 Å². The Morgan fingerprint density at radius 1 is 1.06 bits per heavy atom. The smallest absolute Gasteiger partial charge is 0.194 e. The number of hydrogen-bond donors (Lipinski definition) is 0. The van der Waals surface area contributed by atoms with Crippen molar-refractivity contribution in [3.8, 4) is 0 Å². The lowest BCUT2D eigenvalue weighted by molar-refractivity contribution is 0.103. The molecule has 18 heavy (non-hydrogen) atoms. The predicted octanol–water partition coefficient (Wildman–Crippen LogP) is 4.47. The fraction of sp³-hybridized carbons (Fsp3) is 0.188. The second-order valence-electron chi connectivity index (χ2n) is 4.26. The number of aryl methyl sites for hydroxylation is 1. The SMILES string of the molecule is CCCc1ccc(C(=O)c2ccccc2I)cc1. The minimum Gasteiger partial charge on any atom is -0.289 e. The van der Waals surface area contributed by atoms with E-state index in [-0.39, 0.29) is 5.78 Å². The summed E-state index contributed by atoms with van der Waals surface area (Å²) in [4.78, 5) is 12.3. The van der Waals surface area contributed by atoms with Gasteiger partial charge in [-0.3, -0.25) is 4.79 Å². The Bertz CT molecular complexity index is 543. The van der Waals surface area contributed by atoms with Gasteiger partial charge in [0.1, 0.15) is 0 Å². The molecule has 2 aromatic rings. The quantitative estimate of drug-likeness (QED) is 0.587. The van der Waals surface area contributed by atoms with Gasteiger partial charge in [-0.25, -0.2) is 0 Å². The van der Waals surface area contributed by atoms with Crippen molar-refractivity contribution in [1.29, 1.82) is 0 Å². The maximum absolute atomic E-state index is 12.3. The molecule has 2 rings (SSSR count). The third kappa shape index (κ3) is 2.99. The van der Waals surface area contributed by atoms with E-state index in [4.69, 9.17) is 0 Å². The summed E-state index contributed by atoms with van der Waals surface area (Å²) in [6.07, 6.45) is 2.20. The lowest BCUT2D eigenvalue weighted by Crippen LogP contribution is -2.03. The Labute approximate surface area is 121 Å². The molecule has 0 bridgehead atoms. The average molecular weight is 350 g/mol. The Kier molecular flexibility index (Phi) is 4.53. The zero-order chi connectivity index (χ0) is 13.0. The van der Waals surface area contributed by atoms with E-state index in [1.165, 1.54) is 5.56 Å². The van der Waals surface area contributed by atoms with Gasteiger partial charge in [0.15, 0.2) is 5.78 Å². The molecule has 0 aliphatic rings. The van der Waals surface area contributed by atoms with Crippen molar-refractivity contribution in [3.05, 3.63) is 68.8 Å². The highest BCUT2D eigenvalue weighted by atomic mass is 127. The molecule has 0 fully saturated rings. The van der Waals surface area contributed by atoms with Crippen molar-refractivity contribution in [3.63, 3.8) is 0 Å². The van der Waals surface area contributed by atoms with E-state index in [9.17, 15) is 4.79 Å². The number of ketones is 1. The molecule has 0 unspecified atom stereocenters. The van der Waals surface area contributed by atoms with Gasteiger partial charge in [-0.1, -0.05) is 49.7 Å². The molecule has 0 amide bonds. The third-order valence-corrected chi connectivity index (χ3v) is 3.81. The first-order valence-corrected chi connectivity index (χ1v) is 7.18. The van der Waals surface area contributed by atoms with Crippen molar-refractivity contribution in [1.82, 2.24) is 0 Å². The first-order valence-electron chi connectivity index (χ1n) is 6.10. The second kappa shape index (κ2) is 6.14. The van der Waals surface area contributed by atoms with E-state index in [2.05, 4.69) is 29.5 Å². The first kappa shape index (κ1) is 13.3. The standard InChI is InChI=1S/C16H15IO/c1-2-5-12-8-10-13(11-9-12)16(18)14-6-3-4-7-15(14)17/h3-4,6-11H,2,5H2,1H3. The van der Waals surface area contributed by atoms with E-state index in [0.717, 1.165) is 27.5 Å². The first-order chi connectivity index (χ1) is 8.72. The topological polar surface area (TPSA) is 17.1 Å². The van der Waals surface area contributed by atoms with Gasteiger partial charge in [0.05, 0.1) is 0 Å². The highest BCUT2D eigenvalue weighted by Gasteiger charge is 2.11. The summed E-state index contributed by atoms with van der Waals surface area (Å²) in [7, 11) is 0. The van der Waals surface area contributed by atoms with Crippen LogP contribution >= 0.6 is 22.6 Å². The molecular weight excluding hydrogens is 335 g/mol.